The first kappa shape index (κ1) is 21.4. The fourth-order valence-corrected chi connectivity index (χ4v) is 3.93. The number of hydrogen-bond donors (Lipinski definition) is 1. The van der Waals surface area contributed by atoms with Crippen LogP contribution in [0.25, 0.3) is 11.0 Å². The van der Waals surface area contributed by atoms with E-state index in [1.165, 1.54) is 0 Å². The van der Waals surface area contributed by atoms with E-state index < -0.39 is 5.97 Å². The maximum Gasteiger partial charge on any atom is 0.336 e. The Labute approximate surface area is 190 Å². The summed E-state index contributed by atoms with van der Waals surface area (Å²) in [5.41, 5.74) is 4.94. The Morgan fingerprint density at radius 3 is 2.66 bits per heavy atom. The molecule has 160 valence electrons. The Morgan fingerprint density at radius 2 is 1.94 bits per heavy atom. The fourth-order valence-electron chi connectivity index (χ4n) is 3.69. The highest BCUT2D eigenvalue weighted by atomic mass is 35.5. The van der Waals surface area contributed by atoms with Crippen molar-refractivity contribution in [2.24, 2.45) is 0 Å². The summed E-state index contributed by atoms with van der Waals surface area (Å²) in [4.78, 5) is 16.2. The molecule has 0 unspecified atom stereocenters. The number of nitriles is 1. The Kier molecular flexibility index (Phi) is 5.85. The fraction of sp³-hybridized carbons (Fsp3) is 0.160. The number of rotatable bonds is 6. The van der Waals surface area contributed by atoms with Gasteiger partial charge in [0.1, 0.15) is 18.2 Å². The molecular weight excluding hydrogens is 426 g/mol. The number of nitrogens with zero attached hydrogens (tertiary/aromatic N) is 3. The van der Waals surface area contributed by atoms with Crippen molar-refractivity contribution in [1.29, 1.82) is 5.26 Å². The van der Waals surface area contributed by atoms with Crippen LogP contribution in [0.4, 0.5) is 0 Å². The lowest BCUT2D eigenvalue weighted by Crippen LogP contribution is -2.06. The van der Waals surface area contributed by atoms with E-state index in [2.05, 4.69) is 6.07 Å². The number of benzene rings is 3. The summed E-state index contributed by atoms with van der Waals surface area (Å²) in [6.45, 7) is 4.53. The van der Waals surface area contributed by atoms with Gasteiger partial charge in [-0.2, -0.15) is 5.26 Å². The molecule has 3 aromatic carbocycles. The predicted molar refractivity (Wildman–Crippen MR) is 122 cm³/mol. The molecule has 0 amide bonds. The number of halogens is 1. The Balaban J connectivity index is 1.67. The summed E-state index contributed by atoms with van der Waals surface area (Å²) in [5.74, 6) is 0.475. The number of hydrogen-bond acceptors (Lipinski definition) is 4. The van der Waals surface area contributed by atoms with Crippen molar-refractivity contribution in [3.63, 3.8) is 0 Å². The highest BCUT2D eigenvalue weighted by Crippen LogP contribution is 2.28. The number of fused-ring (bicyclic) bond motifs is 1. The highest BCUT2D eigenvalue weighted by Gasteiger charge is 2.15. The molecule has 0 radical (unpaired) electrons. The molecule has 0 bridgehead atoms. The number of carbonyl (C=O) groups is 1. The summed E-state index contributed by atoms with van der Waals surface area (Å²) < 4.78 is 8.02. The van der Waals surface area contributed by atoms with Crippen LogP contribution in [0, 0.1) is 25.2 Å². The van der Waals surface area contributed by atoms with Crippen molar-refractivity contribution in [3.05, 3.63) is 93.3 Å². The van der Waals surface area contributed by atoms with E-state index >= 15 is 0 Å². The number of ether oxygens (including phenoxy) is 1. The van der Waals surface area contributed by atoms with Crippen LogP contribution in [0.1, 0.15) is 38.4 Å². The van der Waals surface area contributed by atoms with E-state index in [0.717, 1.165) is 28.0 Å². The van der Waals surface area contributed by atoms with Crippen LogP contribution in [0.2, 0.25) is 5.02 Å². The molecule has 0 saturated carbocycles. The van der Waals surface area contributed by atoms with E-state index in [1.807, 2.05) is 36.6 Å². The smallest absolute Gasteiger partial charge is 0.336 e. The van der Waals surface area contributed by atoms with Gasteiger partial charge in [0.15, 0.2) is 0 Å². The highest BCUT2D eigenvalue weighted by molar-refractivity contribution is 6.31. The van der Waals surface area contributed by atoms with Crippen molar-refractivity contribution >= 4 is 28.6 Å². The van der Waals surface area contributed by atoms with Gasteiger partial charge in [-0.15, -0.1) is 0 Å². The summed E-state index contributed by atoms with van der Waals surface area (Å²) in [6.07, 6.45) is 0. The first-order chi connectivity index (χ1) is 15.4. The molecule has 0 aliphatic rings. The summed E-state index contributed by atoms with van der Waals surface area (Å²) in [5, 5.41) is 19.0. The molecule has 1 heterocycles. The van der Waals surface area contributed by atoms with Gasteiger partial charge in [0, 0.05) is 16.7 Å². The molecule has 0 spiro atoms. The van der Waals surface area contributed by atoms with Gasteiger partial charge in [0.05, 0.1) is 34.8 Å². The quantitative estimate of drug-likeness (QED) is 0.423. The van der Waals surface area contributed by atoms with E-state index in [-0.39, 0.29) is 12.2 Å². The number of aryl methyl sites for hydroxylation is 2. The molecule has 4 rings (SSSR count). The number of imidazole rings is 1. The van der Waals surface area contributed by atoms with Crippen LogP contribution in [0.5, 0.6) is 5.75 Å². The van der Waals surface area contributed by atoms with E-state index in [9.17, 15) is 9.90 Å². The SMILES string of the molecule is Cc1cc(OCc2ccccc2C(=O)O)cc2c1nc(C)n2Cc1ccc(C#N)cc1Cl. The monoisotopic (exact) mass is 445 g/mol. The average Bonchev–Trinajstić information content (AvgIpc) is 3.09. The average molecular weight is 446 g/mol. The van der Waals surface area contributed by atoms with Gasteiger partial charge in [-0.25, -0.2) is 9.78 Å². The molecule has 0 atom stereocenters. The third kappa shape index (κ3) is 4.16. The van der Waals surface area contributed by atoms with Crippen LogP contribution in [0.15, 0.2) is 54.6 Å². The number of aromatic nitrogens is 2. The molecule has 7 heteroatoms. The minimum atomic E-state index is -0.983. The van der Waals surface area contributed by atoms with Gasteiger partial charge in [0.25, 0.3) is 0 Å². The second-order valence-electron chi connectivity index (χ2n) is 7.52. The Morgan fingerprint density at radius 1 is 1.16 bits per heavy atom. The topological polar surface area (TPSA) is 88.1 Å². The lowest BCUT2D eigenvalue weighted by Gasteiger charge is -2.12. The molecule has 0 aliphatic carbocycles. The summed E-state index contributed by atoms with van der Waals surface area (Å²) >= 11 is 6.39. The van der Waals surface area contributed by atoms with Gasteiger partial charge < -0.3 is 14.4 Å². The van der Waals surface area contributed by atoms with Crippen LogP contribution < -0.4 is 4.74 Å². The van der Waals surface area contributed by atoms with Crippen LogP contribution in [-0.4, -0.2) is 20.6 Å². The summed E-state index contributed by atoms with van der Waals surface area (Å²) in [6, 6.07) is 17.9. The first-order valence-electron chi connectivity index (χ1n) is 9.97. The van der Waals surface area contributed by atoms with Gasteiger partial charge in [-0.1, -0.05) is 35.9 Å². The zero-order valence-corrected chi connectivity index (χ0v) is 18.3. The van der Waals surface area contributed by atoms with E-state index in [0.29, 0.717) is 28.4 Å². The first-order valence-corrected chi connectivity index (χ1v) is 10.3. The van der Waals surface area contributed by atoms with Crippen molar-refractivity contribution in [2.75, 3.05) is 0 Å². The number of carboxylic acid groups (broad SMARTS) is 1. The number of aromatic carboxylic acids is 1. The lowest BCUT2D eigenvalue weighted by molar-refractivity contribution is 0.0694. The molecule has 1 N–H and O–H groups in total. The molecule has 4 aromatic rings. The second-order valence-corrected chi connectivity index (χ2v) is 7.93. The molecule has 1 aromatic heterocycles. The van der Waals surface area contributed by atoms with Gasteiger partial charge >= 0.3 is 5.97 Å². The maximum atomic E-state index is 11.5. The van der Waals surface area contributed by atoms with E-state index in [4.69, 9.17) is 26.6 Å². The van der Waals surface area contributed by atoms with Gasteiger partial charge in [0.2, 0.25) is 0 Å². The zero-order valence-electron chi connectivity index (χ0n) is 17.6. The molecule has 32 heavy (non-hydrogen) atoms. The van der Waals surface area contributed by atoms with Gasteiger partial charge in [-0.3, -0.25) is 0 Å². The Hall–Kier alpha value is -3.82. The minimum absolute atomic E-state index is 0.141. The molecule has 0 aliphatic heterocycles. The third-order valence-corrected chi connectivity index (χ3v) is 5.71. The van der Waals surface area contributed by atoms with E-state index in [1.54, 1.807) is 36.4 Å². The summed E-state index contributed by atoms with van der Waals surface area (Å²) in [7, 11) is 0. The number of carboxylic acids is 1. The van der Waals surface area contributed by atoms with Crippen molar-refractivity contribution in [1.82, 2.24) is 9.55 Å². The third-order valence-electron chi connectivity index (χ3n) is 5.36. The van der Waals surface area contributed by atoms with Crippen LogP contribution in [0.3, 0.4) is 0 Å². The largest absolute Gasteiger partial charge is 0.489 e. The van der Waals surface area contributed by atoms with Crippen molar-refractivity contribution in [2.45, 2.75) is 27.0 Å². The Bertz CT molecular complexity index is 1390. The van der Waals surface area contributed by atoms with Gasteiger partial charge in [-0.05, 0) is 49.2 Å². The normalized spacial score (nSPS) is 10.8. The lowest BCUT2D eigenvalue weighted by atomic mass is 10.1. The second kappa shape index (κ2) is 8.74. The standard InChI is InChI=1S/C25H20ClN3O3/c1-15-9-20(32-14-19-5-3-4-6-21(19)25(30)31)11-23-24(15)28-16(2)29(23)13-18-8-7-17(12-27)10-22(18)26/h3-11H,13-14H2,1-2H3,(H,30,31). The van der Waals surface area contributed by atoms with Crippen molar-refractivity contribution in [3.8, 4) is 11.8 Å². The van der Waals surface area contributed by atoms with Crippen LogP contribution in [-0.2, 0) is 13.2 Å². The predicted octanol–water partition coefficient (Wildman–Crippen LogP) is 5.50. The molecule has 6 nitrogen and oxygen atoms in total. The minimum Gasteiger partial charge on any atom is -0.489 e. The molecular formula is C25H20ClN3O3. The van der Waals surface area contributed by atoms with Crippen LogP contribution >= 0.6 is 11.6 Å². The van der Waals surface area contributed by atoms with Crippen molar-refractivity contribution < 1.29 is 14.6 Å². The molecule has 0 fully saturated rings. The maximum absolute atomic E-state index is 11.5. The molecule has 0 saturated heterocycles. The zero-order chi connectivity index (χ0) is 22.8.